The summed E-state index contributed by atoms with van der Waals surface area (Å²) in [6, 6.07) is 2.11. The lowest BCUT2D eigenvalue weighted by Crippen LogP contribution is -2.36. The SMILES string of the molecule is CC(C)CC(C)N(C)C(=O)c1c(F)cc(Br)cc1F. The molecule has 0 aromatic heterocycles. The van der Waals surface area contributed by atoms with Gasteiger partial charge in [-0.2, -0.15) is 0 Å². The Bertz CT molecular complexity index is 454. The minimum absolute atomic E-state index is 0.0741. The van der Waals surface area contributed by atoms with Gasteiger partial charge in [0.2, 0.25) is 0 Å². The monoisotopic (exact) mass is 333 g/mol. The van der Waals surface area contributed by atoms with E-state index in [2.05, 4.69) is 15.9 Å². The van der Waals surface area contributed by atoms with Crippen molar-refractivity contribution in [3.05, 3.63) is 33.8 Å². The molecule has 1 unspecified atom stereocenters. The van der Waals surface area contributed by atoms with Crippen LogP contribution in [0, 0.1) is 17.6 Å². The highest BCUT2D eigenvalue weighted by molar-refractivity contribution is 9.10. The van der Waals surface area contributed by atoms with Gasteiger partial charge in [0.15, 0.2) is 0 Å². The fraction of sp³-hybridized carbons (Fsp3) is 0.500. The molecule has 0 fully saturated rings. The van der Waals surface area contributed by atoms with Crippen molar-refractivity contribution in [2.24, 2.45) is 5.92 Å². The second kappa shape index (κ2) is 6.46. The van der Waals surface area contributed by atoms with E-state index in [0.717, 1.165) is 18.6 Å². The Labute approximate surface area is 120 Å². The lowest BCUT2D eigenvalue weighted by atomic mass is 10.0. The molecule has 5 heteroatoms. The molecular weight excluding hydrogens is 316 g/mol. The number of halogens is 3. The molecule has 0 radical (unpaired) electrons. The molecule has 1 atom stereocenters. The van der Waals surface area contributed by atoms with Crippen molar-refractivity contribution in [2.45, 2.75) is 33.2 Å². The molecule has 1 aromatic rings. The average molecular weight is 334 g/mol. The number of nitrogens with zero attached hydrogens (tertiary/aromatic N) is 1. The Morgan fingerprint density at radius 1 is 1.26 bits per heavy atom. The molecule has 0 aliphatic rings. The minimum atomic E-state index is -0.847. The molecule has 0 heterocycles. The third-order valence-electron chi connectivity index (χ3n) is 3.01. The Morgan fingerprint density at radius 3 is 2.16 bits per heavy atom. The van der Waals surface area contributed by atoms with E-state index in [4.69, 9.17) is 0 Å². The van der Waals surface area contributed by atoms with E-state index < -0.39 is 23.1 Å². The van der Waals surface area contributed by atoms with E-state index in [1.54, 1.807) is 7.05 Å². The molecule has 0 bridgehead atoms. The largest absolute Gasteiger partial charge is 0.339 e. The molecule has 0 saturated carbocycles. The maximum Gasteiger partial charge on any atom is 0.259 e. The molecule has 19 heavy (non-hydrogen) atoms. The van der Waals surface area contributed by atoms with Gasteiger partial charge in [-0.25, -0.2) is 8.78 Å². The zero-order valence-electron chi connectivity index (χ0n) is 11.5. The van der Waals surface area contributed by atoms with Crippen LogP contribution < -0.4 is 0 Å². The lowest BCUT2D eigenvalue weighted by molar-refractivity contribution is 0.0718. The quantitative estimate of drug-likeness (QED) is 0.807. The number of carbonyl (C=O) groups excluding carboxylic acids is 1. The summed E-state index contributed by atoms with van der Waals surface area (Å²) < 4.78 is 27.7. The summed E-state index contributed by atoms with van der Waals surface area (Å²) in [7, 11) is 1.57. The van der Waals surface area contributed by atoms with Crippen molar-refractivity contribution in [2.75, 3.05) is 7.05 Å². The molecule has 106 valence electrons. The van der Waals surface area contributed by atoms with Gasteiger partial charge in [0.1, 0.15) is 17.2 Å². The highest BCUT2D eigenvalue weighted by atomic mass is 79.9. The maximum atomic E-state index is 13.7. The van der Waals surface area contributed by atoms with E-state index in [0.29, 0.717) is 5.92 Å². The Hall–Kier alpha value is -0.970. The Morgan fingerprint density at radius 2 is 1.74 bits per heavy atom. The molecule has 0 N–H and O–H groups in total. The summed E-state index contributed by atoms with van der Waals surface area (Å²) in [6.07, 6.45) is 0.780. The number of rotatable bonds is 4. The average Bonchev–Trinajstić information content (AvgIpc) is 2.25. The van der Waals surface area contributed by atoms with Gasteiger partial charge in [0, 0.05) is 17.6 Å². The van der Waals surface area contributed by atoms with Gasteiger partial charge in [-0.1, -0.05) is 29.8 Å². The molecule has 0 spiro atoms. The molecule has 1 rings (SSSR count). The molecule has 1 amide bonds. The molecule has 2 nitrogen and oxygen atoms in total. The lowest BCUT2D eigenvalue weighted by Gasteiger charge is -2.26. The van der Waals surface area contributed by atoms with E-state index >= 15 is 0 Å². The number of amides is 1. The van der Waals surface area contributed by atoms with Crippen molar-refractivity contribution < 1.29 is 13.6 Å². The summed E-state index contributed by atoms with van der Waals surface area (Å²) >= 11 is 2.99. The van der Waals surface area contributed by atoms with Crippen LogP contribution in [-0.2, 0) is 0 Å². The van der Waals surface area contributed by atoms with Crippen LogP contribution in [0.15, 0.2) is 16.6 Å². The van der Waals surface area contributed by atoms with Gasteiger partial charge in [-0.3, -0.25) is 4.79 Å². The van der Waals surface area contributed by atoms with E-state index in [1.165, 1.54) is 4.90 Å². The van der Waals surface area contributed by atoms with Crippen LogP contribution in [0.25, 0.3) is 0 Å². The molecule has 0 saturated heterocycles. The topological polar surface area (TPSA) is 20.3 Å². The number of carbonyl (C=O) groups is 1. The predicted molar refractivity (Wildman–Crippen MR) is 75.1 cm³/mol. The summed E-state index contributed by atoms with van der Waals surface area (Å²) in [5.41, 5.74) is -0.499. The molecule has 0 aliphatic heterocycles. The molecule has 0 aliphatic carbocycles. The third kappa shape index (κ3) is 4.00. The van der Waals surface area contributed by atoms with Crippen LogP contribution in [0.3, 0.4) is 0 Å². The van der Waals surface area contributed by atoms with E-state index in [-0.39, 0.29) is 10.5 Å². The first-order valence-corrected chi connectivity index (χ1v) is 6.95. The van der Waals surface area contributed by atoms with Crippen molar-refractivity contribution in [1.29, 1.82) is 0 Å². The van der Waals surface area contributed by atoms with Gasteiger partial charge in [0.25, 0.3) is 5.91 Å². The van der Waals surface area contributed by atoms with Gasteiger partial charge in [-0.15, -0.1) is 0 Å². The summed E-state index contributed by atoms with van der Waals surface area (Å²) in [6.45, 7) is 5.94. The van der Waals surface area contributed by atoms with Crippen LogP contribution >= 0.6 is 15.9 Å². The van der Waals surface area contributed by atoms with Crippen LogP contribution in [0.5, 0.6) is 0 Å². The van der Waals surface area contributed by atoms with Crippen LogP contribution in [-0.4, -0.2) is 23.9 Å². The van der Waals surface area contributed by atoms with Gasteiger partial charge < -0.3 is 4.90 Å². The fourth-order valence-electron chi connectivity index (χ4n) is 1.96. The number of hydrogen-bond donors (Lipinski definition) is 0. The van der Waals surface area contributed by atoms with Gasteiger partial charge in [-0.05, 0) is 31.4 Å². The van der Waals surface area contributed by atoms with Crippen molar-refractivity contribution in [1.82, 2.24) is 4.90 Å². The molecule has 1 aromatic carbocycles. The van der Waals surface area contributed by atoms with Crippen molar-refractivity contribution in [3.8, 4) is 0 Å². The first kappa shape index (κ1) is 16.1. The Kier molecular flexibility index (Phi) is 5.47. The zero-order chi connectivity index (χ0) is 14.7. The summed E-state index contributed by atoms with van der Waals surface area (Å²) in [4.78, 5) is 13.5. The van der Waals surface area contributed by atoms with Crippen LogP contribution in [0.1, 0.15) is 37.6 Å². The second-order valence-electron chi connectivity index (χ2n) is 5.14. The first-order valence-electron chi connectivity index (χ1n) is 6.15. The first-order chi connectivity index (χ1) is 8.73. The number of hydrogen-bond acceptors (Lipinski definition) is 1. The van der Waals surface area contributed by atoms with Crippen LogP contribution in [0.2, 0.25) is 0 Å². The van der Waals surface area contributed by atoms with Gasteiger partial charge in [0.05, 0.1) is 0 Å². The standard InChI is InChI=1S/C14H18BrF2NO/c1-8(2)5-9(3)18(4)14(19)13-11(16)6-10(15)7-12(13)17/h6-9H,5H2,1-4H3. The van der Waals surface area contributed by atoms with Crippen LogP contribution in [0.4, 0.5) is 8.78 Å². The smallest absolute Gasteiger partial charge is 0.259 e. The van der Waals surface area contributed by atoms with Gasteiger partial charge >= 0.3 is 0 Å². The highest BCUT2D eigenvalue weighted by Crippen LogP contribution is 2.22. The maximum absolute atomic E-state index is 13.7. The normalized spacial score (nSPS) is 12.6. The fourth-order valence-corrected chi connectivity index (χ4v) is 2.37. The van der Waals surface area contributed by atoms with Crippen molar-refractivity contribution in [3.63, 3.8) is 0 Å². The minimum Gasteiger partial charge on any atom is -0.339 e. The van der Waals surface area contributed by atoms with E-state index in [1.807, 2.05) is 20.8 Å². The summed E-state index contributed by atoms with van der Waals surface area (Å²) in [5.74, 6) is -1.92. The van der Waals surface area contributed by atoms with Crippen molar-refractivity contribution >= 4 is 21.8 Å². The van der Waals surface area contributed by atoms with E-state index in [9.17, 15) is 13.6 Å². The predicted octanol–water partition coefficient (Wildman–Crippen LogP) is 4.23. The molecular formula is C14H18BrF2NO. The zero-order valence-corrected chi connectivity index (χ0v) is 13.1. The number of benzene rings is 1. The highest BCUT2D eigenvalue weighted by Gasteiger charge is 2.24. The second-order valence-corrected chi connectivity index (χ2v) is 6.05. The Balaban J connectivity index is 3.00. The third-order valence-corrected chi connectivity index (χ3v) is 3.47. The summed E-state index contributed by atoms with van der Waals surface area (Å²) in [5, 5.41) is 0.